The van der Waals surface area contributed by atoms with E-state index in [1.807, 2.05) is 12.1 Å². The van der Waals surface area contributed by atoms with Gasteiger partial charge in [0.25, 0.3) is 0 Å². The summed E-state index contributed by atoms with van der Waals surface area (Å²) in [6.07, 6.45) is 5.51. The molecule has 4 rings (SSSR count). The third-order valence-electron chi connectivity index (χ3n) is 4.85. The van der Waals surface area contributed by atoms with E-state index in [9.17, 15) is 10.2 Å². The molecule has 35 heavy (non-hydrogen) atoms. The molecule has 0 aromatic heterocycles. The number of aliphatic imine (C=N–C) groups is 2. The largest absolute Gasteiger partial charge is 1.00 e. The molecule has 0 atom stereocenters. The van der Waals surface area contributed by atoms with Gasteiger partial charge in [-0.1, -0.05) is 47.9 Å². The molecule has 0 saturated carbocycles. The van der Waals surface area contributed by atoms with Crippen molar-refractivity contribution < 1.29 is 92.6 Å². The maximum Gasteiger partial charge on any atom is 1.00 e. The summed E-state index contributed by atoms with van der Waals surface area (Å²) >= 11 is 0. The predicted octanol–water partition coefficient (Wildman–Crippen LogP) is 1.15. The van der Waals surface area contributed by atoms with Crippen molar-refractivity contribution in [1.82, 2.24) is 0 Å². The zero-order valence-electron chi connectivity index (χ0n) is 20.0. The fourth-order valence-electron chi connectivity index (χ4n) is 3.06. The first-order valence-electron chi connectivity index (χ1n) is 10.6. The van der Waals surface area contributed by atoms with Crippen molar-refractivity contribution >= 4 is 23.8 Å². The Labute approximate surface area is 258 Å². The van der Waals surface area contributed by atoms with Crippen LogP contribution in [-0.2, 0) is 21.5 Å². The normalized spacial score (nSPS) is 12.4. The Balaban J connectivity index is 0.000000779. The summed E-state index contributed by atoms with van der Waals surface area (Å²) in [4.78, 5) is 8.77. The number of benzene rings is 3. The first-order chi connectivity index (χ1) is 16.1. The van der Waals surface area contributed by atoms with E-state index in [4.69, 9.17) is 14.2 Å². The van der Waals surface area contributed by atoms with Gasteiger partial charge in [0.2, 0.25) is 0 Å². The minimum atomic E-state index is -0.234. The summed E-state index contributed by atoms with van der Waals surface area (Å²) in [6, 6.07) is 17.2. The quantitative estimate of drug-likeness (QED) is 0.343. The van der Waals surface area contributed by atoms with E-state index in [2.05, 4.69) is 9.98 Å². The summed E-state index contributed by atoms with van der Waals surface area (Å²) in [5.41, 5.74) is 1.95. The van der Waals surface area contributed by atoms with Gasteiger partial charge in [-0.05, 0) is 48.2 Å². The first-order valence-corrected chi connectivity index (χ1v) is 10.6. The zero-order valence-corrected chi connectivity index (χ0v) is 24.2. The fourth-order valence-corrected chi connectivity index (χ4v) is 3.06. The van der Waals surface area contributed by atoms with Crippen molar-refractivity contribution in [3.05, 3.63) is 71.8 Å². The van der Waals surface area contributed by atoms with Gasteiger partial charge in [0, 0.05) is 42.4 Å². The summed E-state index contributed by atoms with van der Waals surface area (Å²) in [5.74, 6) is 0.0525. The third kappa shape index (κ3) is 9.36. The number of para-hydroxylation sites is 4. The minimum Gasteiger partial charge on any atom is -0.870 e. The second-order valence-corrected chi connectivity index (χ2v) is 7.08. The van der Waals surface area contributed by atoms with Crippen LogP contribution in [0.1, 0.15) is 24.0 Å². The van der Waals surface area contributed by atoms with Crippen LogP contribution in [0.5, 0.6) is 23.0 Å². The van der Waals surface area contributed by atoms with Crippen LogP contribution in [0.2, 0.25) is 0 Å². The Bertz CT molecular complexity index is 1030. The predicted molar refractivity (Wildman–Crippen MR) is 126 cm³/mol. The molecule has 1 aliphatic heterocycles. The number of rotatable bonds is 6. The molecular formula is C26H26CoKN2O5-. The summed E-state index contributed by atoms with van der Waals surface area (Å²) in [5, 5.41) is 24.4. The van der Waals surface area contributed by atoms with E-state index in [1.54, 1.807) is 48.5 Å². The number of methoxy groups -OCH3 is 2. The Morgan fingerprint density at radius 3 is 1.49 bits per heavy atom. The molecule has 7 nitrogen and oxygen atoms in total. The van der Waals surface area contributed by atoms with Gasteiger partial charge in [0.15, 0.2) is 0 Å². The van der Waals surface area contributed by atoms with Crippen molar-refractivity contribution in [2.75, 3.05) is 27.4 Å². The van der Waals surface area contributed by atoms with Crippen molar-refractivity contribution in [3.63, 3.8) is 0 Å². The monoisotopic (exact) mass is 544 g/mol. The van der Waals surface area contributed by atoms with E-state index in [-0.39, 0.29) is 91.2 Å². The Kier molecular flexibility index (Phi) is 15.1. The molecule has 1 saturated heterocycles. The maximum atomic E-state index is 12.2. The van der Waals surface area contributed by atoms with E-state index >= 15 is 0 Å². The molecule has 0 aliphatic carbocycles. The molecule has 181 valence electrons. The number of hydrogen-bond acceptors (Lipinski definition) is 7. The van der Waals surface area contributed by atoms with Gasteiger partial charge in [-0.25, -0.2) is 0 Å². The van der Waals surface area contributed by atoms with Crippen LogP contribution < -0.4 is 71.1 Å². The van der Waals surface area contributed by atoms with Crippen LogP contribution in [0.3, 0.4) is 0 Å². The van der Waals surface area contributed by atoms with Gasteiger partial charge in [0.05, 0.1) is 25.6 Å². The molecule has 0 amide bonds. The molecule has 1 heterocycles. The van der Waals surface area contributed by atoms with Gasteiger partial charge < -0.3 is 24.4 Å². The Morgan fingerprint density at radius 1 is 0.714 bits per heavy atom. The van der Waals surface area contributed by atoms with Crippen LogP contribution in [0.4, 0.5) is 11.4 Å². The molecule has 3 aromatic carbocycles. The SMILES string of the molecule is C1CCOC1.COc1cccc(C=Nc2ccccc2N=Cc2cccc(OC)c2[O-])c1[O-].[Co].[K+]. The van der Waals surface area contributed by atoms with Crippen LogP contribution in [-0.4, -0.2) is 39.9 Å². The van der Waals surface area contributed by atoms with Crippen LogP contribution >= 0.6 is 0 Å². The molecule has 1 radical (unpaired) electrons. The molecule has 9 heteroatoms. The van der Waals surface area contributed by atoms with Crippen LogP contribution in [0.25, 0.3) is 0 Å². The van der Waals surface area contributed by atoms with E-state index < -0.39 is 0 Å². The van der Waals surface area contributed by atoms with Gasteiger partial charge in [-0.2, -0.15) is 0 Å². The number of ether oxygens (including phenoxy) is 3. The topological polar surface area (TPSA) is 98.5 Å². The van der Waals surface area contributed by atoms with Gasteiger partial charge >= 0.3 is 51.4 Å². The molecule has 0 bridgehead atoms. The van der Waals surface area contributed by atoms with Crippen molar-refractivity contribution in [2.24, 2.45) is 9.98 Å². The zero-order chi connectivity index (χ0) is 23.5. The number of hydrogen-bond donors (Lipinski definition) is 0. The molecule has 0 unspecified atom stereocenters. The molecule has 0 N–H and O–H groups in total. The Hall–Kier alpha value is -1.70. The summed E-state index contributed by atoms with van der Waals surface area (Å²) in [7, 11) is 2.90. The second kappa shape index (κ2) is 16.9. The second-order valence-electron chi connectivity index (χ2n) is 7.08. The fraction of sp³-hybridized carbons (Fsp3) is 0.231. The molecule has 0 spiro atoms. The average Bonchev–Trinajstić information content (AvgIpc) is 3.44. The number of nitrogens with zero attached hydrogens (tertiary/aromatic N) is 2. The van der Waals surface area contributed by atoms with E-state index in [1.165, 1.54) is 39.5 Å². The molecular weight excluding hydrogens is 518 g/mol. The van der Waals surface area contributed by atoms with Gasteiger partial charge in [0.1, 0.15) is 11.5 Å². The van der Waals surface area contributed by atoms with Crippen LogP contribution in [0, 0.1) is 0 Å². The molecule has 1 aliphatic rings. The van der Waals surface area contributed by atoms with E-state index in [0.717, 1.165) is 13.2 Å². The van der Waals surface area contributed by atoms with E-state index in [0.29, 0.717) is 22.5 Å². The van der Waals surface area contributed by atoms with Crippen molar-refractivity contribution in [3.8, 4) is 23.0 Å². The first kappa shape index (κ1) is 31.3. The standard InChI is InChI=1S/C22H20N2O4.C4H8O.Co.K/c1-27-19-11-5-7-15(21(19)25)13-23-17-9-3-4-10-18(17)24-14-16-8-6-12-20(28-2)22(16)26;1-2-4-5-3-1;;/h3-14,25-26H,1-2H3;1-4H2;;/q;;;+1/p-2. The van der Waals surface area contributed by atoms with Crippen molar-refractivity contribution in [2.45, 2.75) is 12.8 Å². The maximum absolute atomic E-state index is 12.2. The molecule has 1 fully saturated rings. The smallest absolute Gasteiger partial charge is 0.870 e. The summed E-state index contributed by atoms with van der Waals surface area (Å²) in [6.45, 7) is 2.00. The summed E-state index contributed by atoms with van der Waals surface area (Å²) < 4.78 is 15.0. The molecule has 3 aromatic rings. The average molecular weight is 545 g/mol. The van der Waals surface area contributed by atoms with Gasteiger partial charge in [-0.15, -0.1) is 0 Å². The van der Waals surface area contributed by atoms with Gasteiger partial charge in [-0.3, -0.25) is 9.98 Å². The minimum absolute atomic E-state index is 0. The van der Waals surface area contributed by atoms with Crippen LogP contribution in [0.15, 0.2) is 70.6 Å². The van der Waals surface area contributed by atoms with Crippen molar-refractivity contribution in [1.29, 1.82) is 0 Å². The third-order valence-corrected chi connectivity index (χ3v) is 4.85. The Morgan fingerprint density at radius 2 is 1.14 bits per heavy atom.